The van der Waals surface area contributed by atoms with Crippen molar-refractivity contribution in [2.24, 2.45) is 5.10 Å². The minimum absolute atomic E-state index is 0.0327. The van der Waals surface area contributed by atoms with Crippen LogP contribution in [0, 0.1) is 0 Å². The first-order valence-corrected chi connectivity index (χ1v) is 10.3. The Labute approximate surface area is 186 Å². The monoisotopic (exact) mass is 424 g/mol. The molecule has 0 spiro atoms. The van der Waals surface area contributed by atoms with E-state index in [1.54, 1.807) is 42.5 Å². The van der Waals surface area contributed by atoms with Gasteiger partial charge in [0.1, 0.15) is 0 Å². The van der Waals surface area contributed by atoms with Crippen LogP contribution < -0.4 is 5.43 Å². The Hall–Kier alpha value is -3.70. The summed E-state index contributed by atoms with van der Waals surface area (Å²) in [5.74, 6) is -0.451. The number of hydrogen-bond acceptors (Lipinski definition) is 4. The lowest BCUT2D eigenvalue weighted by Gasteiger charge is -2.10. The third-order valence-electron chi connectivity index (χ3n) is 4.94. The number of benzene rings is 4. The van der Waals surface area contributed by atoms with Crippen LogP contribution in [-0.4, -0.2) is 17.4 Å². The molecule has 0 fully saturated rings. The fourth-order valence-electron chi connectivity index (χ4n) is 3.30. The molecule has 31 heavy (non-hydrogen) atoms. The molecule has 0 saturated carbocycles. The summed E-state index contributed by atoms with van der Waals surface area (Å²) in [5, 5.41) is 6.46. The van der Waals surface area contributed by atoms with Crippen LogP contribution in [0.3, 0.4) is 0 Å². The van der Waals surface area contributed by atoms with Gasteiger partial charge in [0.25, 0.3) is 5.91 Å². The quantitative estimate of drug-likeness (QED) is 0.185. The van der Waals surface area contributed by atoms with Crippen molar-refractivity contribution < 1.29 is 9.59 Å². The molecule has 0 aliphatic heterocycles. The van der Waals surface area contributed by atoms with E-state index in [4.69, 9.17) is 0 Å². The molecule has 0 heterocycles. The molecular formula is C26H20N2O2S. The van der Waals surface area contributed by atoms with Gasteiger partial charge in [-0.3, -0.25) is 9.59 Å². The van der Waals surface area contributed by atoms with Gasteiger partial charge in [0.05, 0.1) is 12.1 Å². The largest absolute Gasteiger partial charge is 0.294 e. The number of fused-ring (bicyclic) bond motifs is 1. The Bertz CT molecular complexity index is 1280. The van der Waals surface area contributed by atoms with E-state index in [1.807, 2.05) is 54.6 Å². The maximum absolute atomic E-state index is 13.0. The molecule has 0 saturated heterocycles. The summed E-state index contributed by atoms with van der Waals surface area (Å²) in [6.45, 7) is 0. The van der Waals surface area contributed by atoms with Crippen molar-refractivity contribution in [3.63, 3.8) is 0 Å². The molecule has 0 aliphatic carbocycles. The maximum atomic E-state index is 13.0. The molecule has 0 aromatic heterocycles. The third-order valence-corrected chi connectivity index (χ3v) is 5.33. The predicted molar refractivity (Wildman–Crippen MR) is 127 cm³/mol. The number of rotatable bonds is 6. The molecule has 0 radical (unpaired) electrons. The Morgan fingerprint density at radius 2 is 1.42 bits per heavy atom. The molecule has 1 N–H and O–H groups in total. The summed E-state index contributed by atoms with van der Waals surface area (Å²) in [6, 6.07) is 29.8. The number of hydrazone groups is 1. The number of Topliss-reactive ketones (excluding diaryl/α,β-unsaturated/α-hetero) is 1. The van der Waals surface area contributed by atoms with Crippen molar-refractivity contribution in [1.82, 2.24) is 5.43 Å². The van der Waals surface area contributed by atoms with Crippen LogP contribution in [0.25, 0.3) is 10.8 Å². The highest BCUT2D eigenvalue weighted by molar-refractivity contribution is 7.80. The molecule has 152 valence electrons. The van der Waals surface area contributed by atoms with Crippen LogP contribution >= 0.6 is 12.6 Å². The predicted octanol–water partition coefficient (Wildman–Crippen LogP) is 5.54. The number of thiol groups is 1. The molecule has 5 heteroatoms. The van der Waals surface area contributed by atoms with E-state index < -0.39 is 0 Å². The van der Waals surface area contributed by atoms with Gasteiger partial charge in [-0.05, 0) is 40.6 Å². The minimum Gasteiger partial charge on any atom is -0.294 e. The van der Waals surface area contributed by atoms with E-state index in [-0.39, 0.29) is 18.1 Å². The molecule has 0 unspecified atom stereocenters. The summed E-state index contributed by atoms with van der Waals surface area (Å²) >= 11 is 4.40. The number of carbonyl (C=O) groups is 2. The van der Waals surface area contributed by atoms with Crippen molar-refractivity contribution in [1.29, 1.82) is 0 Å². The smallest absolute Gasteiger partial charge is 0.271 e. The Morgan fingerprint density at radius 3 is 2.19 bits per heavy atom. The highest BCUT2D eigenvalue weighted by Crippen LogP contribution is 2.20. The zero-order valence-electron chi connectivity index (χ0n) is 16.7. The number of nitrogens with one attached hydrogen (secondary N) is 1. The maximum Gasteiger partial charge on any atom is 0.271 e. The summed E-state index contributed by atoms with van der Waals surface area (Å²) < 4.78 is 0. The Balaban J connectivity index is 1.68. The second kappa shape index (κ2) is 9.41. The highest BCUT2D eigenvalue weighted by Gasteiger charge is 2.16. The van der Waals surface area contributed by atoms with Crippen molar-refractivity contribution in [2.75, 3.05) is 0 Å². The zero-order chi connectivity index (χ0) is 21.6. The van der Waals surface area contributed by atoms with Gasteiger partial charge in [-0.25, -0.2) is 5.43 Å². The normalized spacial score (nSPS) is 11.3. The first-order valence-electron chi connectivity index (χ1n) is 9.84. The number of carbonyl (C=O) groups excluding carboxylic acids is 2. The molecule has 1 amide bonds. The fourth-order valence-corrected chi connectivity index (χ4v) is 3.59. The lowest BCUT2D eigenvalue weighted by molar-refractivity contribution is 0.0950. The van der Waals surface area contributed by atoms with E-state index in [1.165, 1.54) is 0 Å². The molecule has 4 nitrogen and oxygen atoms in total. The molecular weight excluding hydrogens is 404 g/mol. The fraction of sp³-hybridized carbons (Fsp3) is 0.0385. The van der Waals surface area contributed by atoms with E-state index in [0.29, 0.717) is 21.7 Å². The van der Waals surface area contributed by atoms with Crippen LogP contribution in [0.4, 0.5) is 0 Å². The number of amides is 1. The second-order valence-electron chi connectivity index (χ2n) is 7.04. The van der Waals surface area contributed by atoms with Crippen LogP contribution in [0.15, 0.2) is 107 Å². The van der Waals surface area contributed by atoms with Gasteiger partial charge in [-0.1, -0.05) is 72.8 Å². The van der Waals surface area contributed by atoms with E-state index in [0.717, 1.165) is 16.3 Å². The van der Waals surface area contributed by atoms with E-state index in [9.17, 15) is 9.59 Å². The summed E-state index contributed by atoms with van der Waals surface area (Å²) in [5.41, 5.74) is 4.87. The lowest BCUT2D eigenvalue weighted by Crippen LogP contribution is -2.21. The minimum atomic E-state index is -0.332. The lowest BCUT2D eigenvalue weighted by atomic mass is 9.98. The first-order chi connectivity index (χ1) is 15.1. The number of ketones is 1. The van der Waals surface area contributed by atoms with Crippen molar-refractivity contribution in [2.45, 2.75) is 11.3 Å². The average Bonchev–Trinajstić information content (AvgIpc) is 2.82. The third kappa shape index (κ3) is 4.90. The molecule has 0 bridgehead atoms. The standard InChI is InChI=1S/C26H20N2O2S/c29-24(22-12-6-7-13-25(22)31)17-23(27-28-26(30)19-9-2-1-3-10-19)21-15-14-18-8-4-5-11-20(18)16-21/h1-16,31H,17H2,(H,28,30)/b27-23+. The van der Waals surface area contributed by atoms with Crippen LogP contribution in [-0.2, 0) is 0 Å². The van der Waals surface area contributed by atoms with E-state index >= 15 is 0 Å². The summed E-state index contributed by atoms with van der Waals surface area (Å²) in [7, 11) is 0. The number of nitrogens with zero attached hydrogens (tertiary/aromatic N) is 1. The van der Waals surface area contributed by atoms with Gasteiger partial charge < -0.3 is 0 Å². The SMILES string of the molecule is O=C(N/N=C(\CC(=O)c1ccccc1S)c1ccc2ccccc2c1)c1ccccc1. The Morgan fingerprint density at radius 1 is 0.742 bits per heavy atom. The molecule has 4 aromatic carbocycles. The van der Waals surface area contributed by atoms with Gasteiger partial charge in [0.2, 0.25) is 0 Å². The van der Waals surface area contributed by atoms with Crippen LogP contribution in [0.2, 0.25) is 0 Å². The molecule has 0 aliphatic rings. The summed E-state index contributed by atoms with van der Waals surface area (Å²) in [6.07, 6.45) is 0.0327. The van der Waals surface area contributed by atoms with Crippen molar-refractivity contribution >= 4 is 40.8 Å². The molecule has 4 rings (SSSR count). The van der Waals surface area contributed by atoms with Gasteiger partial charge in [0.15, 0.2) is 5.78 Å². The Kier molecular flexibility index (Phi) is 6.24. The topological polar surface area (TPSA) is 58.5 Å². The zero-order valence-corrected chi connectivity index (χ0v) is 17.6. The van der Waals surface area contributed by atoms with Gasteiger partial charge in [-0.2, -0.15) is 5.10 Å². The molecule has 4 aromatic rings. The highest BCUT2D eigenvalue weighted by atomic mass is 32.1. The van der Waals surface area contributed by atoms with Gasteiger partial charge in [-0.15, -0.1) is 12.6 Å². The van der Waals surface area contributed by atoms with Crippen molar-refractivity contribution in [3.8, 4) is 0 Å². The average molecular weight is 425 g/mol. The van der Waals surface area contributed by atoms with Gasteiger partial charge in [0, 0.05) is 16.0 Å². The van der Waals surface area contributed by atoms with E-state index in [2.05, 4.69) is 23.2 Å². The summed E-state index contributed by atoms with van der Waals surface area (Å²) in [4.78, 5) is 26.1. The first kappa shape index (κ1) is 20.6. The second-order valence-corrected chi connectivity index (χ2v) is 7.53. The van der Waals surface area contributed by atoms with Gasteiger partial charge >= 0.3 is 0 Å². The molecule has 0 atom stereocenters. The van der Waals surface area contributed by atoms with Crippen LogP contribution in [0.1, 0.15) is 32.7 Å². The number of hydrogen-bond donors (Lipinski definition) is 2. The van der Waals surface area contributed by atoms with Crippen LogP contribution in [0.5, 0.6) is 0 Å². The van der Waals surface area contributed by atoms with Crippen molar-refractivity contribution in [3.05, 3.63) is 114 Å².